The van der Waals surface area contributed by atoms with Crippen LogP contribution in [0.2, 0.25) is 0 Å². The van der Waals surface area contributed by atoms with Crippen LogP contribution in [0.3, 0.4) is 0 Å². The third-order valence-corrected chi connectivity index (χ3v) is 5.04. The SMILES string of the molecule is C=Cn1ncc(CN(Cc2ccc3c(c2)OCO3)C[C@@H]2CCCO2)c1C. The van der Waals surface area contributed by atoms with E-state index in [1.54, 1.807) is 6.20 Å². The summed E-state index contributed by atoms with van der Waals surface area (Å²) in [6.07, 6.45) is 6.25. The van der Waals surface area contributed by atoms with Gasteiger partial charge in [-0.15, -0.1) is 0 Å². The first-order valence-electron chi connectivity index (χ1n) is 9.11. The van der Waals surface area contributed by atoms with Crippen molar-refractivity contribution in [2.24, 2.45) is 0 Å². The standard InChI is InChI=1S/C20H25N3O3/c1-3-23-15(2)17(10-21-23)12-22(13-18-5-4-8-24-18)11-16-6-7-19-20(9-16)26-14-25-19/h3,6-7,9-10,18H,1,4-5,8,11-14H2,2H3/t18-/m0/s1. The number of rotatable bonds is 7. The van der Waals surface area contributed by atoms with Crippen LogP contribution >= 0.6 is 0 Å². The first-order valence-corrected chi connectivity index (χ1v) is 9.11. The van der Waals surface area contributed by atoms with Crippen LogP contribution in [0.15, 0.2) is 31.0 Å². The van der Waals surface area contributed by atoms with E-state index in [1.807, 2.05) is 16.9 Å². The van der Waals surface area contributed by atoms with Crippen molar-refractivity contribution in [2.75, 3.05) is 19.9 Å². The highest BCUT2D eigenvalue weighted by Crippen LogP contribution is 2.33. The lowest BCUT2D eigenvalue weighted by atomic mass is 10.1. The van der Waals surface area contributed by atoms with Crippen molar-refractivity contribution in [2.45, 2.75) is 39.0 Å². The lowest BCUT2D eigenvalue weighted by Crippen LogP contribution is -2.31. The second-order valence-corrected chi connectivity index (χ2v) is 6.87. The molecule has 0 saturated carbocycles. The Labute approximate surface area is 154 Å². The van der Waals surface area contributed by atoms with Gasteiger partial charge in [0.1, 0.15) is 0 Å². The summed E-state index contributed by atoms with van der Waals surface area (Å²) in [6, 6.07) is 6.17. The minimum Gasteiger partial charge on any atom is -0.454 e. The van der Waals surface area contributed by atoms with Gasteiger partial charge in [0, 0.05) is 43.7 Å². The van der Waals surface area contributed by atoms with E-state index in [1.165, 1.54) is 11.1 Å². The molecule has 6 heteroatoms. The maximum Gasteiger partial charge on any atom is 0.231 e. The van der Waals surface area contributed by atoms with E-state index in [-0.39, 0.29) is 0 Å². The molecule has 1 aromatic carbocycles. The van der Waals surface area contributed by atoms with Crippen molar-refractivity contribution < 1.29 is 14.2 Å². The molecular weight excluding hydrogens is 330 g/mol. The van der Waals surface area contributed by atoms with Gasteiger partial charge in [-0.25, -0.2) is 4.68 Å². The Bertz CT molecular complexity index is 781. The highest BCUT2D eigenvalue weighted by atomic mass is 16.7. The fourth-order valence-corrected chi connectivity index (χ4v) is 3.60. The van der Waals surface area contributed by atoms with Crippen LogP contribution in [-0.4, -0.2) is 40.7 Å². The van der Waals surface area contributed by atoms with Crippen LogP contribution in [0.4, 0.5) is 0 Å². The molecule has 0 N–H and O–H groups in total. The lowest BCUT2D eigenvalue weighted by Gasteiger charge is -2.25. The summed E-state index contributed by atoms with van der Waals surface area (Å²) in [6.45, 7) is 9.63. The van der Waals surface area contributed by atoms with Crippen molar-refractivity contribution in [1.29, 1.82) is 0 Å². The number of aromatic nitrogens is 2. The number of nitrogens with zero attached hydrogens (tertiary/aromatic N) is 3. The normalized spacial score (nSPS) is 18.6. The number of fused-ring (bicyclic) bond motifs is 1. The summed E-state index contributed by atoms with van der Waals surface area (Å²) < 4.78 is 18.6. The van der Waals surface area contributed by atoms with E-state index in [0.717, 1.165) is 56.3 Å². The van der Waals surface area contributed by atoms with Gasteiger partial charge in [-0.05, 0) is 37.5 Å². The highest BCUT2D eigenvalue weighted by Gasteiger charge is 2.22. The first kappa shape index (κ1) is 17.1. The van der Waals surface area contributed by atoms with Gasteiger partial charge in [-0.3, -0.25) is 4.90 Å². The van der Waals surface area contributed by atoms with Gasteiger partial charge in [-0.2, -0.15) is 5.10 Å². The van der Waals surface area contributed by atoms with Crippen LogP contribution in [0, 0.1) is 6.92 Å². The molecule has 1 aromatic heterocycles. The predicted molar refractivity (Wildman–Crippen MR) is 99.0 cm³/mol. The molecule has 0 aliphatic carbocycles. The molecule has 2 aromatic rings. The van der Waals surface area contributed by atoms with Crippen LogP contribution in [0.1, 0.15) is 29.7 Å². The fourth-order valence-electron chi connectivity index (χ4n) is 3.60. The molecule has 2 aliphatic rings. The van der Waals surface area contributed by atoms with Gasteiger partial charge >= 0.3 is 0 Å². The second-order valence-electron chi connectivity index (χ2n) is 6.87. The maximum atomic E-state index is 5.87. The third-order valence-electron chi connectivity index (χ3n) is 5.04. The topological polar surface area (TPSA) is 48.8 Å². The van der Waals surface area contributed by atoms with Crippen molar-refractivity contribution in [3.8, 4) is 11.5 Å². The largest absolute Gasteiger partial charge is 0.454 e. The summed E-state index contributed by atoms with van der Waals surface area (Å²) in [4.78, 5) is 2.42. The Balaban J connectivity index is 1.51. The molecule has 0 unspecified atom stereocenters. The molecule has 1 fully saturated rings. The molecule has 4 rings (SSSR count). The summed E-state index contributed by atoms with van der Waals surface area (Å²) in [5.41, 5.74) is 3.55. The minimum absolute atomic E-state index is 0.304. The van der Waals surface area contributed by atoms with E-state index < -0.39 is 0 Å². The third kappa shape index (κ3) is 3.61. The first-order chi connectivity index (χ1) is 12.7. The summed E-state index contributed by atoms with van der Waals surface area (Å²) >= 11 is 0. The lowest BCUT2D eigenvalue weighted by molar-refractivity contribution is 0.0678. The number of hydrogen-bond donors (Lipinski definition) is 0. The molecule has 0 spiro atoms. The summed E-state index contributed by atoms with van der Waals surface area (Å²) in [7, 11) is 0. The van der Waals surface area contributed by atoms with Crippen LogP contribution in [0.5, 0.6) is 11.5 Å². The zero-order chi connectivity index (χ0) is 17.9. The average Bonchev–Trinajstić information content (AvgIpc) is 3.37. The van der Waals surface area contributed by atoms with Gasteiger partial charge < -0.3 is 14.2 Å². The van der Waals surface area contributed by atoms with Crippen LogP contribution in [0.25, 0.3) is 6.20 Å². The van der Waals surface area contributed by atoms with E-state index in [2.05, 4.69) is 35.6 Å². The van der Waals surface area contributed by atoms with Gasteiger partial charge in [0.25, 0.3) is 0 Å². The molecule has 0 amide bonds. The van der Waals surface area contributed by atoms with Crippen molar-refractivity contribution in [3.05, 3.63) is 47.8 Å². The molecule has 0 bridgehead atoms. The maximum absolute atomic E-state index is 5.87. The van der Waals surface area contributed by atoms with E-state index in [0.29, 0.717) is 12.9 Å². The molecule has 6 nitrogen and oxygen atoms in total. The molecule has 2 aliphatic heterocycles. The molecular formula is C20H25N3O3. The van der Waals surface area contributed by atoms with Gasteiger partial charge in [0.2, 0.25) is 6.79 Å². The quantitative estimate of drug-likeness (QED) is 0.763. The zero-order valence-electron chi connectivity index (χ0n) is 15.2. The summed E-state index contributed by atoms with van der Waals surface area (Å²) in [5.74, 6) is 1.65. The van der Waals surface area contributed by atoms with Gasteiger partial charge in [-0.1, -0.05) is 12.6 Å². The van der Waals surface area contributed by atoms with E-state index >= 15 is 0 Å². The Hall–Kier alpha value is -2.31. The highest BCUT2D eigenvalue weighted by molar-refractivity contribution is 5.44. The molecule has 138 valence electrons. The Morgan fingerprint density at radius 1 is 1.31 bits per heavy atom. The predicted octanol–water partition coefficient (Wildman–Crippen LogP) is 3.20. The average molecular weight is 355 g/mol. The smallest absolute Gasteiger partial charge is 0.231 e. The molecule has 1 atom stereocenters. The Morgan fingerprint density at radius 2 is 2.19 bits per heavy atom. The fraction of sp³-hybridized carbons (Fsp3) is 0.450. The number of benzene rings is 1. The zero-order valence-corrected chi connectivity index (χ0v) is 15.2. The molecule has 3 heterocycles. The minimum atomic E-state index is 0.304. The summed E-state index contributed by atoms with van der Waals surface area (Å²) in [5, 5.41) is 4.38. The van der Waals surface area contributed by atoms with E-state index in [9.17, 15) is 0 Å². The van der Waals surface area contributed by atoms with Crippen LogP contribution < -0.4 is 9.47 Å². The van der Waals surface area contributed by atoms with Crippen LogP contribution in [-0.2, 0) is 17.8 Å². The van der Waals surface area contributed by atoms with Gasteiger partial charge in [0.15, 0.2) is 11.5 Å². The molecule has 0 radical (unpaired) electrons. The van der Waals surface area contributed by atoms with Crippen molar-refractivity contribution in [1.82, 2.24) is 14.7 Å². The number of hydrogen-bond acceptors (Lipinski definition) is 5. The van der Waals surface area contributed by atoms with E-state index in [4.69, 9.17) is 14.2 Å². The monoisotopic (exact) mass is 355 g/mol. The Morgan fingerprint density at radius 3 is 2.96 bits per heavy atom. The second kappa shape index (κ2) is 7.51. The molecule has 26 heavy (non-hydrogen) atoms. The van der Waals surface area contributed by atoms with Gasteiger partial charge in [0.05, 0.1) is 12.3 Å². The number of ether oxygens (including phenoxy) is 3. The Kier molecular flexibility index (Phi) is 4.95. The van der Waals surface area contributed by atoms with Crippen molar-refractivity contribution in [3.63, 3.8) is 0 Å². The molecule has 1 saturated heterocycles. The van der Waals surface area contributed by atoms with Crippen molar-refractivity contribution >= 4 is 6.20 Å².